The molecule has 0 spiro atoms. The van der Waals surface area contributed by atoms with Crippen LogP contribution in [0.4, 0.5) is 5.13 Å². The van der Waals surface area contributed by atoms with Crippen LogP contribution in [0.3, 0.4) is 0 Å². The van der Waals surface area contributed by atoms with Crippen molar-refractivity contribution >= 4 is 16.5 Å². The molecule has 0 amide bonds. The molecule has 0 fully saturated rings. The molecule has 0 radical (unpaired) electrons. The monoisotopic (exact) mass is 263 g/mol. The second-order valence-electron chi connectivity index (χ2n) is 4.14. The van der Waals surface area contributed by atoms with Crippen LogP contribution in [-0.2, 0) is 0 Å². The molecule has 2 rings (SSSR count). The number of nitrogens with one attached hydrogen (secondary N) is 1. The van der Waals surface area contributed by atoms with Crippen LogP contribution in [0.5, 0.6) is 5.75 Å². The molecule has 0 unspecified atom stereocenters. The summed E-state index contributed by atoms with van der Waals surface area (Å²) >= 11 is 1.54. The first-order valence-electron chi connectivity index (χ1n) is 6.03. The molecule has 0 saturated carbocycles. The van der Waals surface area contributed by atoms with Gasteiger partial charge in [0.05, 0.1) is 12.2 Å². The first-order valence-corrected chi connectivity index (χ1v) is 6.84. The van der Waals surface area contributed by atoms with Gasteiger partial charge in [-0.25, -0.2) is 0 Å². The quantitative estimate of drug-likeness (QED) is 0.898. The topological polar surface area (TPSA) is 47.0 Å². The summed E-state index contributed by atoms with van der Waals surface area (Å²) in [5, 5.41) is 13.3. The molecule has 0 saturated heterocycles. The van der Waals surface area contributed by atoms with Gasteiger partial charge in [0.15, 0.2) is 5.01 Å². The van der Waals surface area contributed by atoms with Gasteiger partial charge in [0.1, 0.15) is 5.75 Å². The summed E-state index contributed by atoms with van der Waals surface area (Å²) in [4.78, 5) is 0. The average Bonchev–Trinajstić information content (AvgIpc) is 2.77. The molecule has 1 aromatic heterocycles. The van der Waals surface area contributed by atoms with E-state index >= 15 is 0 Å². The molecule has 0 aliphatic rings. The lowest BCUT2D eigenvalue weighted by molar-refractivity contribution is 0.341. The summed E-state index contributed by atoms with van der Waals surface area (Å²) in [5.74, 6) is 0.854. The van der Waals surface area contributed by atoms with Gasteiger partial charge in [0.2, 0.25) is 5.13 Å². The lowest BCUT2D eigenvalue weighted by Crippen LogP contribution is -2.08. The zero-order valence-electron chi connectivity index (χ0n) is 10.8. The first-order chi connectivity index (χ1) is 8.70. The predicted molar refractivity (Wildman–Crippen MR) is 75.3 cm³/mol. The molecule has 0 atom stereocenters. The van der Waals surface area contributed by atoms with E-state index in [0.717, 1.165) is 21.5 Å². The van der Waals surface area contributed by atoms with E-state index in [0.29, 0.717) is 12.6 Å². The third kappa shape index (κ3) is 2.98. The SMILES string of the molecule is CCOc1ccccc1-c1nnc(NC(C)C)s1. The highest BCUT2D eigenvalue weighted by Crippen LogP contribution is 2.33. The largest absolute Gasteiger partial charge is 0.493 e. The Morgan fingerprint density at radius 2 is 2.06 bits per heavy atom. The minimum absolute atomic E-state index is 0.355. The Labute approximate surface area is 111 Å². The van der Waals surface area contributed by atoms with Crippen LogP contribution in [0.25, 0.3) is 10.6 Å². The Kier molecular flexibility index (Phi) is 4.15. The van der Waals surface area contributed by atoms with E-state index in [9.17, 15) is 0 Å². The van der Waals surface area contributed by atoms with Crippen LogP contribution in [0, 0.1) is 0 Å². The van der Waals surface area contributed by atoms with Crippen molar-refractivity contribution < 1.29 is 4.74 Å². The van der Waals surface area contributed by atoms with E-state index in [2.05, 4.69) is 29.4 Å². The third-order valence-corrected chi connectivity index (χ3v) is 3.14. The predicted octanol–water partition coefficient (Wildman–Crippen LogP) is 3.42. The summed E-state index contributed by atoms with van der Waals surface area (Å²) in [7, 11) is 0. The minimum Gasteiger partial charge on any atom is -0.493 e. The molecule has 0 aliphatic heterocycles. The lowest BCUT2D eigenvalue weighted by atomic mass is 10.2. The van der Waals surface area contributed by atoms with Crippen LogP contribution in [0.1, 0.15) is 20.8 Å². The number of para-hydroxylation sites is 1. The van der Waals surface area contributed by atoms with E-state index < -0.39 is 0 Å². The van der Waals surface area contributed by atoms with Crippen LogP contribution >= 0.6 is 11.3 Å². The standard InChI is InChI=1S/C13H17N3OS/c1-4-17-11-8-6-5-7-10(11)12-15-16-13(18-12)14-9(2)3/h5-9H,4H2,1-3H3,(H,14,16). The number of benzene rings is 1. The van der Waals surface area contributed by atoms with Gasteiger partial charge in [-0.3, -0.25) is 0 Å². The van der Waals surface area contributed by atoms with Crippen LogP contribution in [0.15, 0.2) is 24.3 Å². The highest BCUT2D eigenvalue weighted by atomic mass is 32.1. The fraction of sp³-hybridized carbons (Fsp3) is 0.385. The first kappa shape index (κ1) is 12.8. The summed E-state index contributed by atoms with van der Waals surface area (Å²) in [6.07, 6.45) is 0. The van der Waals surface area contributed by atoms with Crippen molar-refractivity contribution in [3.8, 4) is 16.3 Å². The van der Waals surface area contributed by atoms with Crippen molar-refractivity contribution in [2.45, 2.75) is 26.8 Å². The fourth-order valence-corrected chi connectivity index (χ4v) is 2.48. The van der Waals surface area contributed by atoms with Crippen LogP contribution < -0.4 is 10.1 Å². The van der Waals surface area contributed by atoms with E-state index in [1.807, 2.05) is 31.2 Å². The molecule has 1 heterocycles. The van der Waals surface area contributed by atoms with Gasteiger partial charge >= 0.3 is 0 Å². The molecular formula is C13H17N3OS. The van der Waals surface area contributed by atoms with Crippen LogP contribution in [0.2, 0.25) is 0 Å². The summed E-state index contributed by atoms with van der Waals surface area (Å²) in [5.41, 5.74) is 0.994. The van der Waals surface area contributed by atoms with Crippen molar-refractivity contribution in [3.05, 3.63) is 24.3 Å². The van der Waals surface area contributed by atoms with Crippen LogP contribution in [-0.4, -0.2) is 22.8 Å². The maximum Gasteiger partial charge on any atom is 0.206 e. The molecular weight excluding hydrogens is 246 g/mol. The molecule has 1 N–H and O–H groups in total. The highest BCUT2D eigenvalue weighted by Gasteiger charge is 2.11. The van der Waals surface area contributed by atoms with Crippen molar-refractivity contribution in [2.24, 2.45) is 0 Å². The molecule has 96 valence electrons. The fourth-order valence-electron chi connectivity index (χ4n) is 1.56. The van der Waals surface area contributed by atoms with Gasteiger partial charge < -0.3 is 10.1 Å². The normalized spacial score (nSPS) is 10.7. The number of ether oxygens (including phenoxy) is 1. The maximum atomic E-state index is 5.60. The van der Waals surface area contributed by atoms with Gasteiger partial charge in [0.25, 0.3) is 0 Å². The van der Waals surface area contributed by atoms with Crippen molar-refractivity contribution in [1.82, 2.24) is 10.2 Å². The van der Waals surface area contributed by atoms with Gasteiger partial charge in [0, 0.05) is 6.04 Å². The molecule has 4 nitrogen and oxygen atoms in total. The molecule has 1 aromatic carbocycles. The summed E-state index contributed by atoms with van der Waals surface area (Å²) in [6.45, 7) is 6.78. The molecule has 0 aliphatic carbocycles. The summed E-state index contributed by atoms with van der Waals surface area (Å²) in [6, 6.07) is 8.26. The number of hydrogen-bond acceptors (Lipinski definition) is 5. The van der Waals surface area contributed by atoms with Gasteiger partial charge in [-0.1, -0.05) is 23.5 Å². The zero-order chi connectivity index (χ0) is 13.0. The lowest BCUT2D eigenvalue weighted by Gasteiger charge is -2.06. The number of hydrogen-bond donors (Lipinski definition) is 1. The van der Waals surface area contributed by atoms with Gasteiger partial charge in [-0.05, 0) is 32.9 Å². The highest BCUT2D eigenvalue weighted by molar-refractivity contribution is 7.18. The Bertz CT molecular complexity index is 510. The number of anilines is 1. The minimum atomic E-state index is 0.355. The maximum absolute atomic E-state index is 5.60. The smallest absolute Gasteiger partial charge is 0.206 e. The van der Waals surface area contributed by atoms with E-state index in [4.69, 9.17) is 4.74 Å². The number of aromatic nitrogens is 2. The number of rotatable bonds is 5. The van der Waals surface area contributed by atoms with Crippen molar-refractivity contribution in [3.63, 3.8) is 0 Å². The third-order valence-electron chi connectivity index (χ3n) is 2.25. The van der Waals surface area contributed by atoms with Gasteiger partial charge in [-0.2, -0.15) is 0 Å². The van der Waals surface area contributed by atoms with E-state index in [1.165, 1.54) is 0 Å². The zero-order valence-corrected chi connectivity index (χ0v) is 11.6. The average molecular weight is 263 g/mol. The van der Waals surface area contributed by atoms with E-state index in [-0.39, 0.29) is 0 Å². The van der Waals surface area contributed by atoms with Crippen molar-refractivity contribution in [2.75, 3.05) is 11.9 Å². The van der Waals surface area contributed by atoms with Crippen molar-refractivity contribution in [1.29, 1.82) is 0 Å². The number of nitrogens with zero attached hydrogens (tertiary/aromatic N) is 2. The Hall–Kier alpha value is -1.62. The molecule has 18 heavy (non-hydrogen) atoms. The summed E-state index contributed by atoms with van der Waals surface area (Å²) < 4.78 is 5.60. The Morgan fingerprint density at radius 1 is 1.28 bits per heavy atom. The molecule has 5 heteroatoms. The second kappa shape index (κ2) is 5.82. The van der Waals surface area contributed by atoms with E-state index in [1.54, 1.807) is 11.3 Å². The Balaban J connectivity index is 2.28. The molecule has 2 aromatic rings. The molecule has 0 bridgehead atoms. The Morgan fingerprint density at radius 3 is 2.78 bits per heavy atom. The van der Waals surface area contributed by atoms with Gasteiger partial charge in [-0.15, -0.1) is 10.2 Å². The second-order valence-corrected chi connectivity index (χ2v) is 5.12.